The fraction of sp³-hybridized carbons (Fsp3) is 0.636. The van der Waals surface area contributed by atoms with E-state index in [1.807, 2.05) is 0 Å². The van der Waals surface area contributed by atoms with Crippen LogP contribution in [0.5, 0.6) is 0 Å². The maximum absolute atomic E-state index is 3.91. The molecule has 0 fully saturated rings. The Morgan fingerprint density at radius 2 is 2.00 bits per heavy atom. The second kappa shape index (κ2) is 6.68. The molecule has 0 amide bonds. The van der Waals surface area contributed by atoms with E-state index in [9.17, 15) is 0 Å². The van der Waals surface area contributed by atoms with E-state index in [-0.39, 0.29) is 0 Å². The van der Waals surface area contributed by atoms with Gasteiger partial charge in [-0.05, 0) is 30.6 Å². The predicted molar refractivity (Wildman–Crippen MR) is 68.9 cm³/mol. The highest BCUT2D eigenvalue weighted by Crippen LogP contribution is 2.36. The molecule has 0 N–H and O–H groups in total. The number of rotatable bonds is 5. The van der Waals surface area contributed by atoms with Gasteiger partial charge in [-0.1, -0.05) is 53.9 Å². The average Bonchev–Trinajstić information content (AvgIpc) is 2.03. The smallest absolute Gasteiger partial charge is 0.00616 e. The summed E-state index contributed by atoms with van der Waals surface area (Å²) in [5.74, 6) is 0.698. The Morgan fingerprint density at radius 1 is 1.46 bits per heavy atom. The zero-order valence-corrected chi connectivity index (χ0v) is 11.2. The van der Waals surface area contributed by atoms with Gasteiger partial charge in [-0.3, -0.25) is 0 Å². The van der Waals surface area contributed by atoms with Gasteiger partial charge in [-0.2, -0.15) is 0 Å². The molecule has 0 radical (unpaired) electrons. The quantitative estimate of drug-likeness (QED) is 0.595. The molecule has 2 heteroatoms. The molecule has 0 aromatic rings. The number of hydrogen-bond donors (Lipinski definition) is 0. The van der Waals surface area contributed by atoms with Crippen molar-refractivity contribution >= 4 is 21.0 Å². The second-order valence-corrected chi connectivity index (χ2v) is 5.69. The molecule has 0 aromatic heterocycles. The van der Waals surface area contributed by atoms with Gasteiger partial charge < -0.3 is 0 Å². The van der Waals surface area contributed by atoms with E-state index < -0.39 is 0 Å². The fourth-order valence-electron chi connectivity index (χ4n) is 1.27. The third-order valence-electron chi connectivity index (χ3n) is 2.19. The minimum absolute atomic E-state index is 0.698. The molecule has 2 unspecified atom stereocenters. The Labute approximate surface area is 89.5 Å². The molecule has 13 heavy (non-hydrogen) atoms. The van der Waals surface area contributed by atoms with Crippen molar-refractivity contribution < 1.29 is 0 Å². The van der Waals surface area contributed by atoms with Gasteiger partial charge in [0.05, 0.1) is 0 Å². The third-order valence-corrected chi connectivity index (χ3v) is 3.74. The van der Waals surface area contributed by atoms with Crippen molar-refractivity contribution in [3.8, 4) is 0 Å². The van der Waals surface area contributed by atoms with E-state index in [0.717, 1.165) is 6.42 Å². The molecule has 0 spiro atoms. The van der Waals surface area contributed by atoms with E-state index in [0.29, 0.717) is 5.92 Å². The van der Waals surface area contributed by atoms with Crippen molar-refractivity contribution in [2.24, 2.45) is 5.92 Å². The van der Waals surface area contributed by atoms with Crippen LogP contribution in [0.1, 0.15) is 40.5 Å². The molecule has 0 rings (SSSR count). The van der Waals surface area contributed by atoms with Gasteiger partial charge in [-0.15, -0.1) is 0 Å². The third kappa shape index (κ3) is 4.88. The SMILES string of the molecule is C=C(C)S/C(P)=C(/CC)C(C)CC. The lowest BCUT2D eigenvalue weighted by atomic mass is 9.98. The van der Waals surface area contributed by atoms with Gasteiger partial charge in [0, 0.05) is 4.65 Å². The highest BCUT2D eigenvalue weighted by Gasteiger charge is 2.08. The van der Waals surface area contributed by atoms with E-state index in [1.54, 1.807) is 17.3 Å². The van der Waals surface area contributed by atoms with E-state index in [4.69, 9.17) is 0 Å². The first-order chi connectivity index (χ1) is 6.02. The summed E-state index contributed by atoms with van der Waals surface area (Å²) in [5.41, 5.74) is 1.56. The van der Waals surface area contributed by atoms with Crippen LogP contribution in [0.4, 0.5) is 0 Å². The highest BCUT2D eigenvalue weighted by molar-refractivity contribution is 8.10. The largest absolute Gasteiger partial charge is 0.0983 e. The summed E-state index contributed by atoms with van der Waals surface area (Å²) in [5, 5.41) is 0. The molecule has 0 aliphatic rings. The molecule has 0 nitrogen and oxygen atoms in total. The van der Waals surface area contributed by atoms with Crippen molar-refractivity contribution in [2.75, 3.05) is 0 Å². The van der Waals surface area contributed by atoms with Crippen LogP contribution in [0.25, 0.3) is 0 Å². The Kier molecular flexibility index (Phi) is 6.81. The summed E-state index contributed by atoms with van der Waals surface area (Å²) in [6.07, 6.45) is 2.37. The molecule has 0 heterocycles. The minimum atomic E-state index is 0.698. The summed E-state index contributed by atoms with van der Waals surface area (Å²) in [7, 11) is 2.84. The molecule has 0 bridgehead atoms. The van der Waals surface area contributed by atoms with Gasteiger partial charge in [0.2, 0.25) is 0 Å². The zero-order chi connectivity index (χ0) is 10.4. The Balaban J connectivity index is 4.57. The molecule has 76 valence electrons. The van der Waals surface area contributed by atoms with Crippen LogP contribution in [-0.2, 0) is 0 Å². The maximum Gasteiger partial charge on any atom is 0.00616 e. The molecule has 0 saturated carbocycles. The standard InChI is InChI=1S/C11H21PS/c1-6-9(5)10(7-2)11(12)13-8(3)4/h9H,3,6-7,12H2,1-2,4-5H3/b11-10-. The van der Waals surface area contributed by atoms with Gasteiger partial charge in [0.1, 0.15) is 0 Å². The average molecular weight is 216 g/mol. The highest BCUT2D eigenvalue weighted by atomic mass is 32.2. The first-order valence-electron chi connectivity index (χ1n) is 4.84. The Morgan fingerprint density at radius 3 is 2.31 bits per heavy atom. The van der Waals surface area contributed by atoms with Crippen molar-refractivity contribution in [1.82, 2.24) is 0 Å². The summed E-state index contributed by atoms with van der Waals surface area (Å²) >= 11 is 1.78. The van der Waals surface area contributed by atoms with E-state index >= 15 is 0 Å². The molecule has 0 saturated heterocycles. The molecule has 0 aliphatic carbocycles. The topological polar surface area (TPSA) is 0 Å². The van der Waals surface area contributed by atoms with Crippen LogP contribution in [0.2, 0.25) is 0 Å². The van der Waals surface area contributed by atoms with Gasteiger partial charge in [0.15, 0.2) is 0 Å². The summed E-state index contributed by atoms with van der Waals surface area (Å²) in [4.78, 5) is 1.17. The first kappa shape index (κ1) is 13.3. The lowest BCUT2D eigenvalue weighted by Gasteiger charge is -2.15. The van der Waals surface area contributed by atoms with Crippen molar-refractivity contribution in [1.29, 1.82) is 0 Å². The molecule has 2 atom stereocenters. The molecular weight excluding hydrogens is 195 g/mol. The van der Waals surface area contributed by atoms with Crippen molar-refractivity contribution in [3.05, 3.63) is 21.7 Å². The van der Waals surface area contributed by atoms with Crippen LogP contribution >= 0.6 is 21.0 Å². The summed E-state index contributed by atoms with van der Waals surface area (Å²) in [6.45, 7) is 12.7. The molecular formula is C11H21PS. The molecule has 0 aliphatic heterocycles. The van der Waals surface area contributed by atoms with Crippen LogP contribution in [0.15, 0.2) is 21.7 Å². The van der Waals surface area contributed by atoms with Crippen LogP contribution in [0.3, 0.4) is 0 Å². The van der Waals surface area contributed by atoms with Gasteiger partial charge >= 0.3 is 0 Å². The van der Waals surface area contributed by atoms with Crippen LogP contribution < -0.4 is 0 Å². The number of thioether (sulfide) groups is 1. The van der Waals surface area contributed by atoms with E-state index in [2.05, 4.69) is 43.5 Å². The van der Waals surface area contributed by atoms with Crippen molar-refractivity contribution in [2.45, 2.75) is 40.5 Å². The Bertz CT molecular complexity index is 206. The minimum Gasteiger partial charge on any atom is -0.0983 e. The monoisotopic (exact) mass is 216 g/mol. The number of hydrogen-bond acceptors (Lipinski definition) is 1. The van der Waals surface area contributed by atoms with Gasteiger partial charge in [-0.25, -0.2) is 0 Å². The van der Waals surface area contributed by atoms with Crippen LogP contribution in [0, 0.1) is 5.92 Å². The second-order valence-electron chi connectivity index (χ2n) is 3.36. The summed E-state index contributed by atoms with van der Waals surface area (Å²) < 4.78 is 1.37. The van der Waals surface area contributed by atoms with Gasteiger partial charge in [0.25, 0.3) is 0 Å². The zero-order valence-electron chi connectivity index (χ0n) is 9.18. The lowest BCUT2D eigenvalue weighted by Crippen LogP contribution is -1.97. The van der Waals surface area contributed by atoms with Crippen molar-refractivity contribution in [3.63, 3.8) is 0 Å². The maximum atomic E-state index is 3.91. The molecule has 0 aromatic carbocycles. The number of allylic oxidation sites excluding steroid dienone is 2. The summed E-state index contributed by atoms with van der Waals surface area (Å²) in [6, 6.07) is 0. The van der Waals surface area contributed by atoms with E-state index in [1.165, 1.54) is 16.0 Å². The Hall–Kier alpha value is 0.260. The van der Waals surface area contributed by atoms with Crippen LogP contribution in [-0.4, -0.2) is 0 Å². The normalized spacial score (nSPS) is 15.2. The predicted octanol–water partition coefficient (Wildman–Crippen LogP) is 4.80. The first-order valence-corrected chi connectivity index (χ1v) is 6.24. The lowest BCUT2D eigenvalue weighted by molar-refractivity contribution is 0.634. The fourth-order valence-corrected chi connectivity index (χ4v) is 3.21.